The number of hydrogen-bond donors (Lipinski definition) is 3. The van der Waals surface area contributed by atoms with Gasteiger partial charge in [-0.2, -0.15) is 0 Å². The van der Waals surface area contributed by atoms with Crippen molar-refractivity contribution in [2.45, 2.75) is 32.7 Å². The highest BCUT2D eigenvalue weighted by atomic mass is 16.2. The summed E-state index contributed by atoms with van der Waals surface area (Å²) in [6.45, 7) is 3.78. The van der Waals surface area contributed by atoms with E-state index in [0.29, 0.717) is 5.69 Å². The van der Waals surface area contributed by atoms with E-state index in [0.717, 1.165) is 11.1 Å². The van der Waals surface area contributed by atoms with Crippen molar-refractivity contribution >= 4 is 23.4 Å². The minimum atomic E-state index is -0.637. The molecule has 0 radical (unpaired) electrons. The van der Waals surface area contributed by atoms with Crippen LogP contribution in [0.2, 0.25) is 0 Å². The molecule has 0 fully saturated rings. The van der Waals surface area contributed by atoms with Crippen molar-refractivity contribution in [3.8, 4) is 0 Å². The van der Waals surface area contributed by atoms with Gasteiger partial charge in [0.2, 0.25) is 17.7 Å². The number of benzene rings is 2. The Bertz CT molecular complexity index is 802. The molecule has 0 aliphatic rings. The van der Waals surface area contributed by atoms with Crippen LogP contribution in [-0.4, -0.2) is 30.8 Å². The highest BCUT2D eigenvalue weighted by molar-refractivity contribution is 5.97. The second-order valence-corrected chi connectivity index (χ2v) is 6.99. The lowest BCUT2D eigenvalue weighted by Crippen LogP contribution is -2.47. The Hall–Kier alpha value is -3.15. The number of carbonyl (C=O) groups excluding carboxylic acids is 3. The molecule has 0 aliphatic heterocycles. The molecule has 0 aliphatic carbocycles. The lowest BCUT2D eigenvalue weighted by Gasteiger charge is -2.22. The maximum absolute atomic E-state index is 12.7. The molecule has 6 heteroatoms. The molecule has 0 saturated heterocycles. The molecule has 2 rings (SSSR count). The predicted octanol–water partition coefficient (Wildman–Crippen LogP) is 2.30. The maximum atomic E-state index is 12.7. The molecule has 0 bridgehead atoms. The number of amides is 3. The zero-order valence-corrected chi connectivity index (χ0v) is 16.5. The molecule has 0 saturated carbocycles. The van der Waals surface area contributed by atoms with E-state index in [1.807, 2.05) is 44.2 Å². The maximum Gasteiger partial charge on any atom is 0.247 e. The fourth-order valence-electron chi connectivity index (χ4n) is 2.74. The van der Waals surface area contributed by atoms with Crippen LogP contribution in [0.4, 0.5) is 5.69 Å². The van der Waals surface area contributed by atoms with E-state index in [-0.39, 0.29) is 36.5 Å². The quantitative estimate of drug-likeness (QED) is 0.656. The van der Waals surface area contributed by atoms with Crippen molar-refractivity contribution in [3.63, 3.8) is 0 Å². The molecule has 3 N–H and O–H groups in total. The summed E-state index contributed by atoms with van der Waals surface area (Å²) >= 11 is 0. The van der Waals surface area contributed by atoms with Gasteiger partial charge >= 0.3 is 0 Å². The zero-order valence-electron chi connectivity index (χ0n) is 16.5. The van der Waals surface area contributed by atoms with Gasteiger partial charge in [-0.3, -0.25) is 14.4 Å². The second-order valence-electron chi connectivity index (χ2n) is 6.99. The van der Waals surface area contributed by atoms with Gasteiger partial charge in [0, 0.05) is 12.7 Å². The van der Waals surface area contributed by atoms with E-state index in [1.54, 1.807) is 31.3 Å². The fraction of sp³-hybridized carbons (Fsp3) is 0.318. The SMILES string of the molecule is CNC(=O)Cc1ccc(NC(=O)C(NC(=O)Cc2ccccc2)C(C)C)cc1. The van der Waals surface area contributed by atoms with E-state index in [4.69, 9.17) is 0 Å². The highest BCUT2D eigenvalue weighted by Gasteiger charge is 2.24. The van der Waals surface area contributed by atoms with E-state index >= 15 is 0 Å². The number of anilines is 1. The van der Waals surface area contributed by atoms with Crippen LogP contribution in [0.3, 0.4) is 0 Å². The van der Waals surface area contributed by atoms with Crippen LogP contribution in [0.5, 0.6) is 0 Å². The summed E-state index contributed by atoms with van der Waals surface area (Å²) < 4.78 is 0. The average molecular weight is 381 g/mol. The molecule has 1 atom stereocenters. The first-order chi connectivity index (χ1) is 13.4. The van der Waals surface area contributed by atoms with Gasteiger partial charge in [0.1, 0.15) is 6.04 Å². The molecule has 2 aromatic rings. The van der Waals surface area contributed by atoms with Crippen molar-refractivity contribution in [2.24, 2.45) is 5.92 Å². The predicted molar refractivity (Wildman–Crippen MR) is 110 cm³/mol. The Balaban J connectivity index is 1.96. The number of hydrogen-bond acceptors (Lipinski definition) is 3. The van der Waals surface area contributed by atoms with E-state index in [9.17, 15) is 14.4 Å². The van der Waals surface area contributed by atoms with E-state index in [2.05, 4.69) is 16.0 Å². The minimum Gasteiger partial charge on any atom is -0.359 e. The Kier molecular flexibility index (Phi) is 7.75. The molecule has 3 amide bonds. The van der Waals surface area contributed by atoms with Crippen LogP contribution in [-0.2, 0) is 27.2 Å². The fourth-order valence-corrected chi connectivity index (χ4v) is 2.74. The van der Waals surface area contributed by atoms with Crippen LogP contribution in [0.1, 0.15) is 25.0 Å². The Morgan fingerprint density at radius 3 is 1.96 bits per heavy atom. The van der Waals surface area contributed by atoms with Gasteiger partial charge in [-0.05, 0) is 29.2 Å². The van der Waals surface area contributed by atoms with Crippen LogP contribution in [0.15, 0.2) is 54.6 Å². The third kappa shape index (κ3) is 6.54. The topological polar surface area (TPSA) is 87.3 Å². The van der Waals surface area contributed by atoms with E-state index < -0.39 is 6.04 Å². The smallest absolute Gasteiger partial charge is 0.247 e. The molecule has 6 nitrogen and oxygen atoms in total. The summed E-state index contributed by atoms with van der Waals surface area (Å²) in [6, 6.07) is 15.9. The normalized spacial score (nSPS) is 11.6. The average Bonchev–Trinajstić information content (AvgIpc) is 2.68. The molecule has 1 unspecified atom stereocenters. The van der Waals surface area contributed by atoms with Gasteiger partial charge in [0.25, 0.3) is 0 Å². The van der Waals surface area contributed by atoms with Crippen molar-refractivity contribution < 1.29 is 14.4 Å². The Morgan fingerprint density at radius 1 is 0.821 bits per heavy atom. The summed E-state index contributed by atoms with van der Waals surface area (Å²) in [5, 5.41) is 8.23. The minimum absolute atomic E-state index is 0.0627. The highest BCUT2D eigenvalue weighted by Crippen LogP contribution is 2.13. The third-order valence-electron chi connectivity index (χ3n) is 4.34. The van der Waals surface area contributed by atoms with Crippen molar-refractivity contribution in [2.75, 3.05) is 12.4 Å². The lowest BCUT2D eigenvalue weighted by atomic mass is 10.0. The lowest BCUT2D eigenvalue weighted by molar-refractivity contribution is -0.127. The molecule has 0 heterocycles. The standard InChI is InChI=1S/C22H27N3O3/c1-15(2)21(25-20(27)14-16-7-5-4-6-8-16)22(28)24-18-11-9-17(10-12-18)13-19(26)23-3/h4-12,15,21H,13-14H2,1-3H3,(H,23,26)(H,24,28)(H,25,27). The second kappa shape index (κ2) is 10.3. The molecular formula is C22H27N3O3. The van der Waals surface area contributed by atoms with Gasteiger partial charge in [-0.15, -0.1) is 0 Å². The Morgan fingerprint density at radius 2 is 1.39 bits per heavy atom. The van der Waals surface area contributed by atoms with E-state index in [1.165, 1.54) is 0 Å². The van der Waals surface area contributed by atoms with Gasteiger partial charge < -0.3 is 16.0 Å². The number of nitrogens with one attached hydrogen (secondary N) is 3. The molecule has 2 aromatic carbocycles. The van der Waals surface area contributed by atoms with Crippen molar-refractivity contribution in [1.82, 2.24) is 10.6 Å². The van der Waals surface area contributed by atoms with Crippen molar-refractivity contribution in [3.05, 3.63) is 65.7 Å². The van der Waals surface area contributed by atoms with Crippen molar-refractivity contribution in [1.29, 1.82) is 0 Å². The molecular weight excluding hydrogens is 354 g/mol. The molecule has 148 valence electrons. The first kappa shape index (κ1) is 21.2. The van der Waals surface area contributed by atoms with Crippen LogP contribution in [0, 0.1) is 5.92 Å². The largest absolute Gasteiger partial charge is 0.359 e. The van der Waals surface area contributed by atoms with Gasteiger partial charge in [-0.1, -0.05) is 56.3 Å². The van der Waals surface area contributed by atoms with Crippen LogP contribution in [0.25, 0.3) is 0 Å². The first-order valence-electron chi connectivity index (χ1n) is 9.32. The first-order valence-corrected chi connectivity index (χ1v) is 9.32. The number of likely N-dealkylation sites (N-methyl/N-ethyl adjacent to an activating group) is 1. The summed E-state index contributed by atoms with van der Waals surface area (Å²) in [4.78, 5) is 36.4. The summed E-state index contributed by atoms with van der Waals surface area (Å²) in [6.07, 6.45) is 0.514. The molecule has 0 aromatic heterocycles. The van der Waals surface area contributed by atoms with Crippen LogP contribution >= 0.6 is 0 Å². The summed E-state index contributed by atoms with van der Waals surface area (Å²) in [7, 11) is 1.59. The monoisotopic (exact) mass is 381 g/mol. The number of carbonyl (C=O) groups is 3. The summed E-state index contributed by atoms with van der Waals surface area (Å²) in [5.41, 5.74) is 2.37. The number of rotatable bonds is 8. The Labute approximate surface area is 165 Å². The molecule has 28 heavy (non-hydrogen) atoms. The van der Waals surface area contributed by atoms with Gasteiger partial charge in [0.05, 0.1) is 12.8 Å². The third-order valence-corrected chi connectivity index (χ3v) is 4.34. The van der Waals surface area contributed by atoms with Crippen LogP contribution < -0.4 is 16.0 Å². The zero-order chi connectivity index (χ0) is 20.5. The summed E-state index contributed by atoms with van der Waals surface area (Å²) in [5.74, 6) is -0.596. The van der Waals surface area contributed by atoms with Gasteiger partial charge in [0.15, 0.2) is 0 Å². The molecule has 0 spiro atoms. The van der Waals surface area contributed by atoms with Gasteiger partial charge in [-0.25, -0.2) is 0 Å².